The van der Waals surface area contributed by atoms with Crippen LogP contribution in [0.4, 0.5) is 5.69 Å². The molecule has 9 heteroatoms. The van der Waals surface area contributed by atoms with Crippen LogP contribution in [0.15, 0.2) is 114 Å². The van der Waals surface area contributed by atoms with Gasteiger partial charge in [-0.25, -0.2) is 8.42 Å². The quantitative estimate of drug-likeness (QED) is 0.183. The number of anilines is 1. The number of hydrogen-bond donors (Lipinski definition) is 1. The molecule has 0 radical (unpaired) electrons. The number of carbonyl (C=O) groups is 2. The molecule has 1 aliphatic rings. The van der Waals surface area contributed by atoms with Crippen LogP contribution < -0.4 is 14.4 Å². The molecular formula is C38H43N3O5S. The Labute approximate surface area is 278 Å². The summed E-state index contributed by atoms with van der Waals surface area (Å²) in [5, 5.41) is 3.24. The fourth-order valence-corrected chi connectivity index (χ4v) is 7.50. The maximum Gasteiger partial charge on any atom is 0.264 e. The number of amides is 2. The molecule has 4 aromatic carbocycles. The zero-order valence-corrected chi connectivity index (χ0v) is 27.9. The van der Waals surface area contributed by atoms with Crippen molar-refractivity contribution in [1.82, 2.24) is 10.2 Å². The van der Waals surface area contributed by atoms with Crippen molar-refractivity contribution in [2.45, 2.75) is 69.0 Å². The summed E-state index contributed by atoms with van der Waals surface area (Å²) in [5.41, 5.74) is 3.03. The molecule has 1 atom stereocenters. The van der Waals surface area contributed by atoms with Gasteiger partial charge >= 0.3 is 0 Å². The first kappa shape index (κ1) is 33.7. The molecule has 0 unspecified atom stereocenters. The van der Waals surface area contributed by atoms with Crippen LogP contribution >= 0.6 is 0 Å². The zero-order valence-electron chi connectivity index (χ0n) is 27.0. The Bertz CT molecular complexity index is 1720. The van der Waals surface area contributed by atoms with Crippen LogP contribution in [0.25, 0.3) is 0 Å². The highest BCUT2D eigenvalue weighted by Gasteiger charge is 2.36. The van der Waals surface area contributed by atoms with Crippen molar-refractivity contribution in [3.05, 3.63) is 126 Å². The van der Waals surface area contributed by atoms with Crippen molar-refractivity contribution in [2.75, 3.05) is 18.0 Å². The number of para-hydroxylation sites is 2. The van der Waals surface area contributed by atoms with E-state index in [0.29, 0.717) is 5.75 Å². The summed E-state index contributed by atoms with van der Waals surface area (Å²) in [6.07, 6.45) is 5.31. The van der Waals surface area contributed by atoms with Gasteiger partial charge in [-0.3, -0.25) is 13.9 Å². The van der Waals surface area contributed by atoms with E-state index in [0.717, 1.165) is 53.1 Å². The highest BCUT2D eigenvalue weighted by molar-refractivity contribution is 7.92. The van der Waals surface area contributed by atoms with Gasteiger partial charge in [-0.05, 0) is 55.2 Å². The van der Waals surface area contributed by atoms with Crippen LogP contribution in [-0.2, 0) is 32.6 Å². The van der Waals surface area contributed by atoms with Crippen LogP contribution in [0.5, 0.6) is 5.75 Å². The number of benzene rings is 4. The van der Waals surface area contributed by atoms with Gasteiger partial charge in [0, 0.05) is 19.0 Å². The summed E-state index contributed by atoms with van der Waals surface area (Å²) in [7, 11) is -2.75. The first-order valence-corrected chi connectivity index (χ1v) is 17.6. The molecule has 1 N–H and O–H groups in total. The van der Waals surface area contributed by atoms with Crippen molar-refractivity contribution in [2.24, 2.45) is 0 Å². The topological polar surface area (TPSA) is 96.0 Å². The van der Waals surface area contributed by atoms with E-state index in [1.807, 2.05) is 61.5 Å². The molecule has 0 aliphatic heterocycles. The second-order valence-electron chi connectivity index (χ2n) is 12.1. The third-order valence-corrected chi connectivity index (χ3v) is 10.4. The van der Waals surface area contributed by atoms with Gasteiger partial charge in [0.1, 0.15) is 18.3 Å². The van der Waals surface area contributed by atoms with E-state index in [4.69, 9.17) is 4.74 Å². The van der Waals surface area contributed by atoms with Crippen molar-refractivity contribution in [3.8, 4) is 5.75 Å². The number of rotatable bonds is 13. The van der Waals surface area contributed by atoms with Gasteiger partial charge in [-0.2, -0.15) is 0 Å². The van der Waals surface area contributed by atoms with Gasteiger partial charge in [0.2, 0.25) is 11.8 Å². The lowest BCUT2D eigenvalue weighted by Crippen LogP contribution is -2.55. The molecular weight excluding hydrogens is 611 g/mol. The fourth-order valence-electron chi connectivity index (χ4n) is 6.06. The van der Waals surface area contributed by atoms with E-state index in [2.05, 4.69) is 5.32 Å². The number of hydrogen-bond acceptors (Lipinski definition) is 5. The number of nitrogens with one attached hydrogen (secondary N) is 1. The average molecular weight is 654 g/mol. The predicted molar refractivity (Wildman–Crippen MR) is 185 cm³/mol. The van der Waals surface area contributed by atoms with E-state index < -0.39 is 28.5 Å². The predicted octanol–water partition coefficient (Wildman–Crippen LogP) is 6.29. The van der Waals surface area contributed by atoms with Crippen LogP contribution in [0.3, 0.4) is 0 Å². The molecule has 0 saturated heterocycles. The number of ether oxygens (including phenoxy) is 1. The molecule has 47 heavy (non-hydrogen) atoms. The minimum Gasteiger partial charge on any atom is -0.495 e. The Morgan fingerprint density at radius 3 is 2.09 bits per heavy atom. The number of nitrogens with zero attached hydrogens (tertiary/aromatic N) is 2. The smallest absolute Gasteiger partial charge is 0.264 e. The van der Waals surface area contributed by atoms with Crippen LogP contribution in [-0.4, -0.2) is 50.9 Å². The van der Waals surface area contributed by atoms with Crippen molar-refractivity contribution in [1.29, 1.82) is 0 Å². The monoisotopic (exact) mass is 653 g/mol. The second-order valence-corrected chi connectivity index (χ2v) is 13.9. The SMILES string of the molecule is COc1ccccc1N(CC(=O)N(Cc1ccc(C)cc1)[C@H](Cc1ccccc1)C(=O)NC1CCCCC1)S(=O)(=O)c1ccccc1. The number of carbonyl (C=O) groups excluding carboxylic acids is 2. The molecule has 1 saturated carbocycles. The first-order chi connectivity index (χ1) is 22.8. The van der Waals surface area contributed by atoms with Gasteiger partial charge in [0.25, 0.3) is 10.0 Å². The van der Waals surface area contributed by atoms with E-state index >= 15 is 0 Å². The zero-order chi connectivity index (χ0) is 33.2. The minimum absolute atomic E-state index is 0.0365. The van der Waals surface area contributed by atoms with Gasteiger partial charge in [0.05, 0.1) is 17.7 Å². The summed E-state index contributed by atoms with van der Waals surface area (Å²) in [4.78, 5) is 30.5. The first-order valence-electron chi connectivity index (χ1n) is 16.2. The van der Waals surface area contributed by atoms with E-state index in [9.17, 15) is 18.0 Å². The normalized spacial score (nSPS) is 14.2. The molecule has 1 aliphatic carbocycles. The van der Waals surface area contributed by atoms with Crippen LogP contribution in [0, 0.1) is 6.92 Å². The van der Waals surface area contributed by atoms with E-state index in [1.165, 1.54) is 19.2 Å². The van der Waals surface area contributed by atoms with Crippen LogP contribution in [0.1, 0.15) is 48.8 Å². The van der Waals surface area contributed by atoms with E-state index in [1.54, 1.807) is 47.4 Å². The number of sulfonamides is 1. The lowest BCUT2D eigenvalue weighted by atomic mass is 9.94. The molecule has 0 aromatic heterocycles. The fraction of sp³-hybridized carbons (Fsp3) is 0.316. The van der Waals surface area contributed by atoms with Gasteiger partial charge in [-0.1, -0.05) is 110 Å². The van der Waals surface area contributed by atoms with Crippen LogP contribution in [0.2, 0.25) is 0 Å². The molecule has 1 fully saturated rings. The highest BCUT2D eigenvalue weighted by Crippen LogP contribution is 2.32. The van der Waals surface area contributed by atoms with E-state index in [-0.39, 0.29) is 35.5 Å². The van der Waals surface area contributed by atoms with Gasteiger partial charge < -0.3 is 15.0 Å². The molecule has 0 spiro atoms. The second kappa shape index (κ2) is 15.8. The molecule has 5 rings (SSSR count). The summed E-state index contributed by atoms with van der Waals surface area (Å²) < 4.78 is 35.1. The number of methoxy groups -OCH3 is 1. The maximum absolute atomic E-state index is 14.7. The molecule has 2 amide bonds. The summed E-state index contributed by atoms with van der Waals surface area (Å²) >= 11 is 0. The average Bonchev–Trinajstić information content (AvgIpc) is 3.10. The van der Waals surface area contributed by atoms with Gasteiger partial charge in [0.15, 0.2) is 0 Å². The number of aryl methyl sites for hydroxylation is 1. The Morgan fingerprint density at radius 2 is 1.43 bits per heavy atom. The minimum atomic E-state index is -4.22. The molecule has 4 aromatic rings. The lowest BCUT2D eigenvalue weighted by Gasteiger charge is -2.35. The summed E-state index contributed by atoms with van der Waals surface area (Å²) in [5.74, 6) is -0.438. The molecule has 246 valence electrons. The maximum atomic E-state index is 14.7. The van der Waals surface area contributed by atoms with Crippen molar-refractivity contribution in [3.63, 3.8) is 0 Å². The molecule has 0 bridgehead atoms. The standard InChI is InChI=1S/C38H43N3O5S/c1-29-22-24-31(25-23-29)27-40(35(26-30-14-6-3-7-15-30)38(43)39-32-16-8-4-9-17-32)37(42)28-41(34-20-12-13-21-36(34)46-2)47(44,45)33-18-10-5-11-19-33/h3,5-7,10-15,18-25,32,35H,4,8-9,16-17,26-28H2,1-2H3,(H,39,43)/t35-/m1/s1. The highest BCUT2D eigenvalue weighted by atomic mass is 32.2. The van der Waals surface area contributed by atoms with Gasteiger partial charge in [-0.15, -0.1) is 0 Å². The molecule has 0 heterocycles. The third kappa shape index (κ3) is 8.60. The lowest BCUT2D eigenvalue weighted by molar-refractivity contribution is -0.140. The van der Waals surface area contributed by atoms with Crippen molar-refractivity contribution >= 4 is 27.5 Å². The Kier molecular flexibility index (Phi) is 11.3. The summed E-state index contributed by atoms with van der Waals surface area (Å²) in [6, 6.07) is 31.3. The Hall–Kier alpha value is -4.63. The Balaban J connectivity index is 1.57. The third-order valence-electron chi connectivity index (χ3n) is 8.66. The summed E-state index contributed by atoms with van der Waals surface area (Å²) in [6.45, 7) is 1.58. The largest absolute Gasteiger partial charge is 0.495 e. The van der Waals surface area contributed by atoms with Crippen molar-refractivity contribution < 1.29 is 22.7 Å². The Morgan fingerprint density at radius 1 is 0.809 bits per heavy atom. The molecule has 8 nitrogen and oxygen atoms in total.